The van der Waals surface area contributed by atoms with Crippen molar-refractivity contribution in [1.29, 1.82) is 0 Å². The molecule has 5 aromatic rings. The van der Waals surface area contributed by atoms with Crippen LogP contribution in [-0.2, 0) is 5.75 Å². The lowest BCUT2D eigenvalue weighted by molar-refractivity contribution is 0.245. The van der Waals surface area contributed by atoms with Crippen molar-refractivity contribution < 1.29 is 22.7 Å². The molecule has 0 bridgehead atoms. The van der Waals surface area contributed by atoms with E-state index in [9.17, 15) is 4.79 Å². The Bertz CT molecular complexity index is 1880. The van der Waals surface area contributed by atoms with E-state index in [0.717, 1.165) is 13.1 Å². The largest absolute Gasteiger partial charge is 0.496 e. The van der Waals surface area contributed by atoms with E-state index < -0.39 is 11.2 Å². The van der Waals surface area contributed by atoms with Gasteiger partial charge >= 0.3 is 0 Å². The quantitative estimate of drug-likeness (QED) is 0.246. The van der Waals surface area contributed by atoms with Crippen LogP contribution in [-0.4, -0.2) is 76.8 Å². The van der Waals surface area contributed by atoms with Crippen molar-refractivity contribution in [2.24, 2.45) is 0 Å². The molecule has 0 aliphatic carbocycles. The van der Waals surface area contributed by atoms with Crippen molar-refractivity contribution in [1.82, 2.24) is 29.9 Å². The Morgan fingerprint density at radius 1 is 1.05 bits per heavy atom. The SMILES string of the molecule is COc1ccccc1-c1nnc(CSc2nnc(-c3cn4c5c(c(N6CCN(C)CC6)c(F)cc5c3=O)OC[C@@H]4C)o2)o1. The predicted molar refractivity (Wildman–Crippen MR) is 157 cm³/mol. The summed E-state index contributed by atoms with van der Waals surface area (Å²) < 4.78 is 40.7. The summed E-state index contributed by atoms with van der Waals surface area (Å²) in [6, 6.07) is 8.55. The minimum Gasteiger partial charge on any atom is -0.496 e. The highest BCUT2D eigenvalue weighted by molar-refractivity contribution is 7.98. The third kappa shape index (κ3) is 4.89. The van der Waals surface area contributed by atoms with Gasteiger partial charge in [-0.1, -0.05) is 23.9 Å². The molecule has 7 rings (SSSR count). The van der Waals surface area contributed by atoms with E-state index in [4.69, 9.17) is 18.3 Å². The first-order chi connectivity index (χ1) is 20.9. The summed E-state index contributed by atoms with van der Waals surface area (Å²) >= 11 is 1.20. The van der Waals surface area contributed by atoms with Gasteiger partial charge in [-0.25, -0.2) is 4.39 Å². The molecule has 222 valence electrons. The first-order valence-corrected chi connectivity index (χ1v) is 14.8. The van der Waals surface area contributed by atoms with Gasteiger partial charge in [0.1, 0.15) is 23.6 Å². The summed E-state index contributed by atoms with van der Waals surface area (Å²) in [6.45, 7) is 5.27. The molecule has 0 spiro atoms. The molecule has 2 aliphatic rings. The van der Waals surface area contributed by atoms with Crippen LogP contribution in [0.15, 0.2) is 55.4 Å². The molecule has 0 unspecified atom stereocenters. The molecule has 2 aliphatic heterocycles. The summed E-state index contributed by atoms with van der Waals surface area (Å²) in [7, 11) is 3.62. The lowest BCUT2D eigenvalue weighted by Crippen LogP contribution is -2.45. The first kappa shape index (κ1) is 27.4. The third-order valence-corrected chi connectivity index (χ3v) is 8.52. The molecule has 14 heteroatoms. The number of benzene rings is 2. The third-order valence-electron chi connectivity index (χ3n) is 7.72. The van der Waals surface area contributed by atoms with Gasteiger partial charge in [0.15, 0.2) is 11.6 Å². The fourth-order valence-corrected chi connectivity index (χ4v) is 6.03. The number of para-hydroxylation sites is 1. The number of hydrogen-bond donors (Lipinski definition) is 0. The Hall–Kier alpha value is -4.43. The van der Waals surface area contributed by atoms with Crippen LogP contribution < -0.4 is 19.8 Å². The van der Waals surface area contributed by atoms with Crippen LogP contribution >= 0.6 is 11.8 Å². The second kappa shape index (κ2) is 11.0. The van der Waals surface area contributed by atoms with Gasteiger partial charge in [0.25, 0.3) is 17.0 Å². The molecular formula is C29H28FN7O5S. The number of thioether (sulfide) groups is 1. The molecule has 0 saturated carbocycles. The smallest absolute Gasteiger partial charge is 0.277 e. The number of anilines is 1. The lowest BCUT2D eigenvalue weighted by atomic mass is 10.1. The number of nitrogens with zero attached hydrogens (tertiary/aromatic N) is 7. The van der Waals surface area contributed by atoms with E-state index in [2.05, 4.69) is 25.3 Å². The van der Waals surface area contributed by atoms with Crippen LogP contribution in [0, 0.1) is 5.82 Å². The van der Waals surface area contributed by atoms with Crippen molar-refractivity contribution in [3.05, 3.63) is 58.5 Å². The molecular weight excluding hydrogens is 577 g/mol. The summed E-state index contributed by atoms with van der Waals surface area (Å²) in [5.74, 6) is 1.53. The number of halogens is 1. The van der Waals surface area contributed by atoms with Crippen molar-refractivity contribution in [2.45, 2.75) is 23.9 Å². The van der Waals surface area contributed by atoms with Crippen molar-refractivity contribution in [2.75, 3.05) is 51.8 Å². The maximum atomic E-state index is 15.7. The van der Waals surface area contributed by atoms with Crippen molar-refractivity contribution in [3.63, 3.8) is 0 Å². The molecule has 2 aromatic carbocycles. The van der Waals surface area contributed by atoms with Gasteiger partial charge in [-0.3, -0.25) is 4.79 Å². The Labute approximate surface area is 249 Å². The number of piperazine rings is 1. The monoisotopic (exact) mass is 605 g/mol. The number of hydrogen-bond acceptors (Lipinski definition) is 12. The van der Waals surface area contributed by atoms with Gasteiger partial charge in [-0.15, -0.1) is 20.4 Å². The highest BCUT2D eigenvalue weighted by atomic mass is 32.2. The van der Waals surface area contributed by atoms with Crippen molar-refractivity contribution in [3.8, 4) is 34.4 Å². The van der Waals surface area contributed by atoms with E-state index in [1.807, 2.05) is 47.7 Å². The Balaban J connectivity index is 1.18. The molecule has 12 nitrogen and oxygen atoms in total. The van der Waals surface area contributed by atoms with E-state index in [1.54, 1.807) is 13.3 Å². The zero-order valence-electron chi connectivity index (χ0n) is 23.7. The molecule has 5 heterocycles. The number of ether oxygens (including phenoxy) is 2. The Morgan fingerprint density at radius 3 is 2.63 bits per heavy atom. The fourth-order valence-electron chi connectivity index (χ4n) is 5.43. The van der Waals surface area contributed by atoms with Crippen molar-refractivity contribution >= 4 is 28.4 Å². The number of aromatic nitrogens is 5. The second-order valence-electron chi connectivity index (χ2n) is 10.5. The lowest BCUT2D eigenvalue weighted by Gasteiger charge is -2.37. The molecule has 3 aromatic heterocycles. The van der Waals surface area contributed by atoms with Crippen LogP contribution in [0.3, 0.4) is 0 Å². The molecule has 43 heavy (non-hydrogen) atoms. The minimum atomic E-state index is -0.490. The van der Waals surface area contributed by atoms with Crippen LogP contribution in [0.5, 0.6) is 11.5 Å². The highest BCUT2D eigenvalue weighted by Gasteiger charge is 2.31. The van der Waals surface area contributed by atoms with Gasteiger partial charge in [0, 0.05) is 32.4 Å². The summed E-state index contributed by atoms with van der Waals surface area (Å²) in [4.78, 5) is 17.9. The molecule has 0 radical (unpaired) electrons. The molecule has 1 fully saturated rings. The average molecular weight is 606 g/mol. The van der Waals surface area contributed by atoms with E-state index in [-0.39, 0.29) is 33.9 Å². The maximum Gasteiger partial charge on any atom is 0.277 e. The number of likely N-dealkylation sites (N-methyl/N-ethyl adjacent to an activating group) is 1. The zero-order valence-corrected chi connectivity index (χ0v) is 24.6. The summed E-state index contributed by atoms with van der Waals surface area (Å²) in [5, 5.41) is 16.9. The number of pyridine rings is 1. The Morgan fingerprint density at radius 2 is 1.81 bits per heavy atom. The molecule has 0 amide bonds. The van der Waals surface area contributed by atoms with Gasteiger partial charge in [-0.2, -0.15) is 0 Å². The summed E-state index contributed by atoms with van der Waals surface area (Å²) in [6.07, 6.45) is 1.70. The first-order valence-electron chi connectivity index (χ1n) is 13.8. The predicted octanol–water partition coefficient (Wildman–Crippen LogP) is 4.25. The topological polar surface area (TPSA) is 125 Å². The zero-order chi connectivity index (χ0) is 29.7. The van der Waals surface area contributed by atoms with Crippen LogP contribution in [0.4, 0.5) is 10.1 Å². The van der Waals surface area contributed by atoms with Gasteiger partial charge in [0.2, 0.25) is 11.3 Å². The molecule has 1 atom stereocenters. The number of rotatable bonds is 7. The van der Waals surface area contributed by atoms with Gasteiger partial charge in [0.05, 0.1) is 35.4 Å². The standard InChI is InChI=1S/C29H28FN7O5S/c1-16-14-40-26-23-18(12-20(30)24(26)36-10-8-35(2)9-11-36)25(38)19(13-37(16)23)28-33-34-29(42-28)43-15-22-31-32-27(41-22)17-6-4-5-7-21(17)39-3/h4-7,12-13,16H,8-11,14-15H2,1-3H3/t16-/m0/s1. The summed E-state index contributed by atoms with van der Waals surface area (Å²) in [5.41, 5.74) is 1.44. The van der Waals surface area contributed by atoms with Crippen LogP contribution in [0.1, 0.15) is 18.9 Å². The van der Waals surface area contributed by atoms with Crippen LogP contribution in [0.2, 0.25) is 0 Å². The minimum absolute atomic E-state index is 0.0437. The second-order valence-corrected chi connectivity index (χ2v) is 11.5. The van der Waals surface area contributed by atoms with E-state index >= 15 is 4.39 Å². The average Bonchev–Trinajstić information content (AvgIpc) is 3.69. The van der Waals surface area contributed by atoms with Crippen LogP contribution in [0.25, 0.3) is 33.8 Å². The van der Waals surface area contributed by atoms with E-state index in [0.29, 0.717) is 59.7 Å². The highest BCUT2D eigenvalue weighted by Crippen LogP contribution is 2.42. The molecule has 1 saturated heterocycles. The normalized spacial score (nSPS) is 16.9. The van der Waals surface area contributed by atoms with Gasteiger partial charge < -0.3 is 32.7 Å². The Kier molecular flexibility index (Phi) is 7.01. The van der Waals surface area contributed by atoms with Gasteiger partial charge in [-0.05, 0) is 32.2 Å². The molecule has 0 N–H and O–H groups in total. The van der Waals surface area contributed by atoms with E-state index in [1.165, 1.54) is 17.8 Å². The maximum absolute atomic E-state index is 15.7. The fraction of sp³-hybridized carbons (Fsp3) is 0.345. The number of methoxy groups -OCH3 is 1.